The van der Waals surface area contributed by atoms with Gasteiger partial charge in [-0.15, -0.1) is 5.10 Å². The summed E-state index contributed by atoms with van der Waals surface area (Å²) in [7, 11) is 0. The van der Waals surface area contributed by atoms with Crippen LogP contribution in [0.4, 0.5) is 16.0 Å². The predicted octanol–water partition coefficient (Wildman–Crippen LogP) is 2.00. The second kappa shape index (κ2) is 8.02. The first-order valence-electron chi connectivity index (χ1n) is 9.68. The second-order valence-corrected chi connectivity index (χ2v) is 7.26. The summed E-state index contributed by atoms with van der Waals surface area (Å²) in [6, 6.07) is 3.86. The van der Waals surface area contributed by atoms with Gasteiger partial charge in [0.1, 0.15) is 12.0 Å². The highest BCUT2D eigenvalue weighted by molar-refractivity contribution is 5.93. The van der Waals surface area contributed by atoms with Crippen molar-refractivity contribution in [2.24, 2.45) is 0 Å². The monoisotopic (exact) mass is 398 g/mol. The average molecular weight is 398 g/mol. The number of carbonyl (C=O) groups excluding carboxylic acids is 2. The zero-order valence-corrected chi connectivity index (χ0v) is 16.1. The Kier molecular flexibility index (Phi) is 5.28. The smallest absolute Gasteiger partial charge is 0.244 e. The lowest BCUT2D eigenvalue weighted by molar-refractivity contribution is -0.122. The number of halogens is 1. The van der Waals surface area contributed by atoms with Gasteiger partial charge in [0.05, 0.1) is 18.8 Å². The molecule has 1 fully saturated rings. The summed E-state index contributed by atoms with van der Waals surface area (Å²) in [5, 5.41) is 9.84. The van der Waals surface area contributed by atoms with E-state index in [1.54, 1.807) is 16.7 Å². The van der Waals surface area contributed by atoms with Gasteiger partial charge in [0.25, 0.3) is 0 Å². The molecule has 0 radical (unpaired) electrons. The van der Waals surface area contributed by atoms with Crippen molar-refractivity contribution < 1.29 is 14.0 Å². The fourth-order valence-corrected chi connectivity index (χ4v) is 3.83. The summed E-state index contributed by atoms with van der Waals surface area (Å²) in [6.07, 6.45) is 8.33. The van der Waals surface area contributed by atoms with Crippen LogP contribution >= 0.6 is 0 Å². The van der Waals surface area contributed by atoms with Gasteiger partial charge in [0.15, 0.2) is 11.5 Å². The number of rotatable bonds is 5. The van der Waals surface area contributed by atoms with Gasteiger partial charge in [-0.25, -0.2) is 9.37 Å². The quantitative estimate of drug-likeness (QED) is 0.804. The molecule has 1 aliphatic heterocycles. The SMILES string of the molecule is CC(=O)NCC(=O)Nc1cnc2ccc(N3CCCC3C3=CC=CC(F)C3)nn12. The van der Waals surface area contributed by atoms with Crippen LogP contribution in [0.1, 0.15) is 26.2 Å². The van der Waals surface area contributed by atoms with Gasteiger partial charge in [-0.05, 0) is 30.5 Å². The van der Waals surface area contributed by atoms with Gasteiger partial charge in [-0.2, -0.15) is 4.52 Å². The molecule has 0 bridgehead atoms. The molecule has 2 amide bonds. The van der Waals surface area contributed by atoms with E-state index in [0.717, 1.165) is 30.8 Å². The lowest BCUT2D eigenvalue weighted by Crippen LogP contribution is -2.33. The van der Waals surface area contributed by atoms with E-state index in [9.17, 15) is 14.0 Å². The highest BCUT2D eigenvalue weighted by Crippen LogP contribution is 2.32. The van der Waals surface area contributed by atoms with Crippen LogP contribution in [0, 0.1) is 0 Å². The number of alkyl halides is 1. The number of imidazole rings is 1. The highest BCUT2D eigenvalue weighted by atomic mass is 19.1. The number of nitrogens with one attached hydrogen (secondary N) is 2. The van der Waals surface area contributed by atoms with Crippen LogP contribution in [0.2, 0.25) is 0 Å². The van der Waals surface area contributed by atoms with Crippen molar-refractivity contribution in [2.45, 2.75) is 38.4 Å². The standard InChI is InChI=1S/C20H23FN6O2/c1-13(28)22-12-20(29)24-19-11-23-17-7-8-18(25-27(17)19)26-9-3-6-16(26)14-4-2-5-15(21)10-14/h2,4-5,7-8,11,15-16H,3,6,9-10,12H2,1H3,(H,22,28)(H,24,29). The van der Waals surface area contributed by atoms with Crippen LogP contribution in [0.5, 0.6) is 0 Å². The van der Waals surface area contributed by atoms with Crippen LogP contribution in [-0.2, 0) is 9.59 Å². The molecule has 3 heterocycles. The predicted molar refractivity (Wildman–Crippen MR) is 107 cm³/mol. The topological polar surface area (TPSA) is 91.6 Å². The molecular formula is C20H23FN6O2. The van der Waals surface area contributed by atoms with Crippen LogP contribution < -0.4 is 15.5 Å². The van der Waals surface area contributed by atoms with Crippen molar-refractivity contribution in [3.63, 3.8) is 0 Å². The number of hydrogen-bond donors (Lipinski definition) is 2. The van der Waals surface area contributed by atoms with Gasteiger partial charge in [0.2, 0.25) is 11.8 Å². The normalized spacial score (nSPS) is 21.3. The lowest BCUT2D eigenvalue weighted by atomic mass is 9.95. The molecule has 2 aromatic heterocycles. The molecule has 9 heteroatoms. The van der Waals surface area contributed by atoms with E-state index in [2.05, 4.69) is 25.6 Å². The Morgan fingerprint density at radius 2 is 2.21 bits per heavy atom. The second-order valence-electron chi connectivity index (χ2n) is 7.26. The van der Waals surface area contributed by atoms with Crippen molar-refractivity contribution in [3.05, 3.63) is 42.1 Å². The highest BCUT2D eigenvalue weighted by Gasteiger charge is 2.30. The van der Waals surface area contributed by atoms with Crippen molar-refractivity contribution in [1.29, 1.82) is 0 Å². The molecule has 4 rings (SSSR count). The Hall–Kier alpha value is -3.23. The van der Waals surface area contributed by atoms with E-state index in [-0.39, 0.29) is 24.4 Å². The zero-order chi connectivity index (χ0) is 20.4. The van der Waals surface area contributed by atoms with Crippen LogP contribution in [-0.4, -0.2) is 51.7 Å². The Labute approximate surface area is 167 Å². The number of amides is 2. The third kappa shape index (κ3) is 4.13. The fraction of sp³-hybridized carbons (Fsp3) is 0.400. The number of carbonyl (C=O) groups is 2. The van der Waals surface area contributed by atoms with Crippen molar-refractivity contribution in [2.75, 3.05) is 23.3 Å². The molecule has 0 aromatic carbocycles. The molecule has 152 valence electrons. The first kappa shape index (κ1) is 19.1. The summed E-state index contributed by atoms with van der Waals surface area (Å²) in [4.78, 5) is 29.5. The van der Waals surface area contributed by atoms with Crippen LogP contribution in [0.3, 0.4) is 0 Å². The number of fused-ring (bicyclic) bond motifs is 1. The van der Waals surface area contributed by atoms with Gasteiger partial charge in [-0.1, -0.05) is 18.2 Å². The molecule has 29 heavy (non-hydrogen) atoms. The van der Waals surface area contributed by atoms with Crippen LogP contribution in [0.15, 0.2) is 42.1 Å². The molecular weight excluding hydrogens is 375 g/mol. The largest absolute Gasteiger partial charge is 0.348 e. The third-order valence-electron chi connectivity index (χ3n) is 5.15. The van der Waals surface area contributed by atoms with Crippen molar-refractivity contribution >= 4 is 29.1 Å². The minimum Gasteiger partial charge on any atom is -0.348 e. The molecule has 2 N–H and O–H groups in total. The number of hydrogen-bond acceptors (Lipinski definition) is 5. The van der Waals surface area contributed by atoms with Crippen LogP contribution in [0.25, 0.3) is 5.65 Å². The number of nitrogens with zero attached hydrogens (tertiary/aromatic N) is 4. The maximum Gasteiger partial charge on any atom is 0.244 e. The molecule has 1 aliphatic carbocycles. The summed E-state index contributed by atoms with van der Waals surface area (Å²) >= 11 is 0. The van der Waals surface area contributed by atoms with Gasteiger partial charge in [0, 0.05) is 19.9 Å². The zero-order valence-electron chi connectivity index (χ0n) is 16.1. The maximum absolute atomic E-state index is 13.8. The minimum absolute atomic E-state index is 0.115. The first-order valence-corrected chi connectivity index (χ1v) is 9.68. The van der Waals surface area contributed by atoms with E-state index in [4.69, 9.17) is 0 Å². The molecule has 2 atom stereocenters. The number of anilines is 2. The van der Waals surface area contributed by atoms with Gasteiger partial charge in [-0.3, -0.25) is 9.59 Å². The minimum atomic E-state index is -0.938. The molecule has 0 spiro atoms. The summed E-state index contributed by atoms with van der Waals surface area (Å²) in [6.45, 7) is 2.06. The first-order chi connectivity index (χ1) is 14.0. The Bertz CT molecular complexity index is 998. The summed E-state index contributed by atoms with van der Waals surface area (Å²) < 4.78 is 15.4. The Morgan fingerprint density at radius 3 is 3.00 bits per heavy atom. The van der Waals surface area contributed by atoms with Gasteiger partial charge >= 0.3 is 0 Å². The van der Waals surface area contributed by atoms with E-state index < -0.39 is 6.17 Å². The summed E-state index contributed by atoms with van der Waals surface area (Å²) in [5.41, 5.74) is 1.68. The number of aromatic nitrogens is 3. The maximum atomic E-state index is 13.8. The molecule has 2 unspecified atom stereocenters. The third-order valence-corrected chi connectivity index (χ3v) is 5.15. The van der Waals surface area contributed by atoms with Crippen molar-refractivity contribution in [3.8, 4) is 0 Å². The molecule has 1 saturated heterocycles. The molecule has 0 saturated carbocycles. The van der Waals surface area contributed by atoms with Crippen molar-refractivity contribution in [1.82, 2.24) is 19.9 Å². The lowest BCUT2D eigenvalue weighted by Gasteiger charge is -2.29. The average Bonchev–Trinajstić information content (AvgIpc) is 3.33. The van der Waals surface area contributed by atoms with E-state index in [1.165, 1.54) is 13.1 Å². The molecule has 8 nitrogen and oxygen atoms in total. The molecule has 2 aromatic rings. The Morgan fingerprint density at radius 1 is 1.34 bits per heavy atom. The fourth-order valence-electron chi connectivity index (χ4n) is 3.83. The van der Waals surface area contributed by atoms with Gasteiger partial charge < -0.3 is 15.5 Å². The van der Waals surface area contributed by atoms with E-state index >= 15 is 0 Å². The Balaban J connectivity index is 1.56. The molecule has 2 aliphatic rings. The van der Waals surface area contributed by atoms with E-state index in [1.807, 2.05) is 18.2 Å². The number of allylic oxidation sites excluding steroid dienone is 3. The summed E-state index contributed by atoms with van der Waals surface area (Å²) in [5.74, 6) is 0.542. The van der Waals surface area contributed by atoms with E-state index in [0.29, 0.717) is 17.9 Å².